The van der Waals surface area contributed by atoms with Crippen molar-refractivity contribution < 1.29 is 27.4 Å². The Labute approximate surface area is 149 Å². The van der Waals surface area contributed by atoms with Gasteiger partial charge >= 0.3 is 12.1 Å². The minimum atomic E-state index is -4.95. The van der Waals surface area contributed by atoms with E-state index in [1.165, 1.54) is 14.2 Å². The fraction of sp³-hybridized carbons (Fsp3) is 0.316. The third-order valence-corrected chi connectivity index (χ3v) is 4.50. The Kier molecular flexibility index (Phi) is 4.80. The van der Waals surface area contributed by atoms with Crippen molar-refractivity contribution in [3.8, 4) is 11.5 Å². The molecule has 0 bridgehead atoms. The van der Waals surface area contributed by atoms with Gasteiger partial charge in [-0.25, -0.2) is 0 Å². The second-order valence-corrected chi connectivity index (χ2v) is 5.96. The molecule has 3 rings (SSSR count). The maximum Gasteiger partial charge on any atom is 0.471 e. The molecule has 0 aromatic heterocycles. The molecule has 0 N–H and O–H groups in total. The molecule has 0 saturated carbocycles. The van der Waals surface area contributed by atoms with Crippen LogP contribution in [0, 0.1) is 0 Å². The molecule has 1 atom stereocenters. The van der Waals surface area contributed by atoms with E-state index in [1.54, 1.807) is 36.4 Å². The van der Waals surface area contributed by atoms with Crippen LogP contribution in [0.3, 0.4) is 0 Å². The monoisotopic (exact) mass is 365 g/mol. The Morgan fingerprint density at radius 2 is 1.85 bits per heavy atom. The summed E-state index contributed by atoms with van der Waals surface area (Å²) >= 11 is 0. The second kappa shape index (κ2) is 6.90. The Morgan fingerprint density at radius 3 is 2.50 bits per heavy atom. The van der Waals surface area contributed by atoms with Gasteiger partial charge in [0.25, 0.3) is 0 Å². The van der Waals surface area contributed by atoms with Gasteiger partial charge < -0.3 is 14.4 Å². The molecule has 1 amide bonds. The highest BCUT2D eigenvalue weighted by Gasteiger charge is 2.47. The summed E-state index contributed by atoms with van der Waals surface area (Å²) in [5, 5.41) is 0. The summed E-state index contributed by atoms with van der Waals surface area (Å²) < 4.78 is 50.1. The average Bonchev–Trinajstić information content (AvgIpc) is 2.65. The highest BCUT2D eigenvalue weighted by molar-refractivity contribution is 5.83. The average molecular weight is 365 g/mol. The van der Waals surface area contributed by atoms with Crippen molar-refractivity contribution in [2.24, 2.45) is 0 Å². The van der Waals surface area contributed by atoms with Gasteiger partial charge in [-0.05, 0) is 35.7 Å². The molecule has 7 heteroatoms. The summed E-state index contributed by atoms with van der Waals surface area (Å²) in [6.45, 7) is -0.0274. The molecule has 0 radical (unpaired) electrons. The number of hydrogen-bond donors (Lipinski definition) is 0. The molecule has 138 valence electrons. The zero-order valence-electron chi connectivity index (χ0n) is 14.3. The van der Waals surface area contributed by atoms with Crippen LogP contribution in [0.25, 0.3) is 0 Å². The Bertz CT molecular complexity index is 806. The van der Waals surface area contributed by atoms with E-state index in [0.717, 1.165) is 10.5 Å². The van der Waals surface area contributed by atoms with Crippen LogP contribution >= 0.6 is 0 Å². The van der Waals surface area contributed by atoms with Gasteiger partial charge in [0.2, 0.25) is 0 Å². The van der Waals surface area contributed by atoms with Crippen molar-refractivity contribution in [1.29, 1.82) is 0 Å². The Morgan fingerprint density at radius 1 is 1.12 bits per heavy atom. The number of benzene rings is 2. The van der Waals surface area contributed by atoms with Crippen molar-refractivity contribution in [2.75, 3.05) is 20.8 Å². The summed E-state index contributed by atoms with van der Waals surface area (Å²) in [4.78, 5) is 13.0. The van der Waals surface area contributed by atoms with Crippen molar-refractivity contribution in [3.05, 3.63) is 59.2 Å². The first-order chi connectivity index (χ1) is 12.4. The third-order valence-electron chi connectivity index (χ3n) is 4.50. The molecule has 0 spiro atoms. The predicted molar refractivity (Wildman–Crippen MR) is 89.3 cm³/mol. The molecule has 4 nitrogen and oxygen atoms in total. The van der Waals surface area contributed by atoms with E-state index in [2.05, 4.69) is 0 Å². The standard InChI is InChI=1S/C19H18F3NO3/c1-25-14-7-3-6-13(11-14)17-16-12(5-4-8-15(16)26-2)9-10-23(17)18(24)19(20,21)22/h3-8,11,17H,9-10H2,1-2H3. The van der Waals surface area contributed by atoms with Crippen LogP contribution in [0.15, 0.2) is 42.5 Å². The van der Waals surface area contributed by atoms with Crippen molar-refractivity contribution in [2.45, 2.75) is 18.6 Å². The lowest BCUT2D eigenvalue weighted by Crippen LogP contribution is -2.47. The van der Waals surface area contributed by atoms with E-state index in [-0.39, 0.29) is 6.54 Å². The van der Waals surface area contributed by atoms with Gasteiger partial charge in [-0.1, -0.05) is 24.3 Å². The van der Waals surface area contributed by atoms with E-state index in [0.29, 0.717) is 29.0 Å². The van der Waals surface area contributed by atoms with Crippen LogP contribution in [0.4, 0.5) is 13.2 Å². The maximum absolute atomic E-state index is 13.2. The fourth-order valence-corrected chi connectivity index (χ4v) is 3.36. The summed E-state index contributed by atoms with van der Waals surface area (Å²) in [6, 6.07) is 11.1. The molecule has 1 aliphatic heterocycles. The van der Waals surface area contributed by atoms with Crippen molar-refractivity contribution >= 4 is 5.91 Å². The highest BCUT2D eigenvalue weighted by Crippen LogP contribution is 2.42. The van der Waals surface area contributed by atoms with Gasteiger partial charge in [0.1, 0.15) is 11.5 Å². The lowest BCUT2D eigenvalue weighted by atomic mass is 9.87. The zero-order chi connectivity index (χ0) is 18.9. The van der Waals surface area contributed by atoms with Gasteiger partial charge in [-0.15, -0.1) is 0 Å². The largest absolute Gasteiger partial charge is 0.497 e. The van der Waals surface area contributed by atoms with Crippen LogP contribution in [-0.2, 0) is 11.2 Å². The minimum absolute atomic E-state index is 0.0274. The van der Waals surface area contributed by atoms with Crippen molar-refractivity contribution in [1.82, 2.24) is 4.90 Å². The topological polar surface area (TPSA) is 38.8 Å². The third kappa shape index (κ3) is 3.21. The quantitative estimate of drug-likeness (QED) is 0.832. The van der Waals surface area contributed by atoms with Gasteiger partial charge in [0, 0.05) is 12.1 Å². The first-order valence-corrected chi connectivity index (χ1v) is 8.04. The smallest absolute Gasteiger partial charge is 0.471 e. The van der Waals surface area contributed by atoms with Crippen LogP contribution in [-0.4, -0.2) is 37.7 Å². The zero-order valence-corrected chi connectivity index (χ0v) is 14.3. The molecule has 0 saturated heterocycles. The molecule has 0 fully saturated rings. The van der Waals surface area contributed by atoms with Crippen molar-refractivity contribution in [3.63, 3.8) is 0 Å². The number of nitrogens with zero attached hydrogens (tertiary/aromatic N) is 1. The molecule has 1 heterocycles. The van der Waals surface area contributed by atoms with Crippen LogP contribution in [0.1, 0.15) is 22.7 Å². The number of carbonyl (C=O) groups excluding carboxylic acids is 1. The summed E-state index contributed by atoms with van der Waals surface area (Å²) in [6.07, 6.45) is -4.62. The molecule has 26 heavy (non-hydrogen) atoms. The first kappa shape index (κ1) is 18.1. The number of carbonyl (C=O) groups is 1. The summed E-state index contributed by atoms with van der Waals surface area (Å²) in [5.41, 5.74) is 1.97. The van der Waals surface area contributed by atoms with E-state index in [1.807, 2.05) is 6.07 Å². The SMILES string of the molecule is COc1cccc(C2c3c(cccc3OC)CCN2C(=O)C(F)(F)F)c1. The number of halogens is 3. The Hall–Kier alpha value is -2.70. The number of amides is 1. The molecule has 2 aromatic rings. The fourth-order valence-electron chi connectivity index (χ4n) is 3.36. The van der Waals surface area contributed by atoms with E-state index >= 15 is 0 Å². The Balaban J connectivity index is 2.20. The number of rotatable bonds is 3. The van der Waals surface area contributed by atoms with Gasteiger partial charge in [0.15, 0.2) is 0 Å². The summed E-state index contributed by atoms with van der Waals surface area (Å²) in [7, 11) is 2.94. The van der Waals surface area contributed by atoms with E-state index < -0.39 is 18.1 Å². The van der Waals surface area contributed by atoms with E-state index in [9.17, 15) is 18.0 Å². The summed E-state index contributed by atoms with van der Waals surface area (Å²) in [5.74, 6) is -0.902. The molecular formula is C19H18F3NO3. The number of fused-ring (bicyclic) bond motifs is 1. The van der Waals surface area contributed by atoms with Gasteiger partial charge in [-0.2, -0.15) is 13.2 Å². The van der Waals surface area contributed by atoms with Gasteiger partial charge in [-0.3, -0.25) is 4.79 Å². The van der Waals surface area contributed by atoms with E-state index in [4.69, 9.17) is 9.47 Å². The second-order valence-electron chi connectivity index (χ2n) is 5.96. The molecule has 1 unspecified atom stereocenters. The lowest BCUT2D eigenvalue weighted by molar-refractivity contribution is -0.187. The lowest BCUT2D eigenvalue weighted by Gasteiger charge is -2.38. The van der Waals surface area contributed by atoms with Gasteiger partial charge in [0.05, 0.1) is 20.3 Å². The van der Waals surface area contributed by atoms with Crippen LogP contribution in [0.5, 0.6) is 11.5 Å². The van der Waals surface area contributed by atoms with Crippen LogP contribution in [0.2, 0.25) is 0 Å². The van der Waals surface area contributed by atoms with Crippen LogP contribution < -0.4 is 9.47 Å². The number of ether oxygens (including phenoxy) is 2. The highest BCUT2D eigenvalue weighted by atomic mass is 19.4. The first-order valence-electron chi connectivity index (χ1n) is 8.04. The maximum atomic E-state index is 13.2. The molecular weight excluding hydrogens is 347 g/mol. The normalized spacial score (nSPS) is 16.8. The molecule has 1 aliphatic rings. The number of alkyl halides is 3. The molecule has 0 aliphatic carbocycles. The number of methoxy groups -OCH3 is 2. The molecule has 2 aromatic carbocycles. The predicted octanol–water partition coefficient (Wildman–Crippen LogP) is 3.74. The minimum Gasteiger partial charge on any atom is -0.497 e. The number of hydrogen-bond acceptors (Lipinski definition) is 3.